The Kier molecular flexibility index (Phi) is 3.05. The summed E-state index contributed by atoms with van der Waals surface area (Å²) in [5, 5.41) is 12.7. The number of benzene rings is 1. The molecule has 0 bridgehead atoms. The number of oxime groups is 1. The molecule has 1 saturated carbocycles. The molecule has 0 unspecified atom stereocenters. The molecule has 1 aromatic rings. The second kappa shape index (κ2) is 4.47. The van der Waals surface area contributed by atoms with Gasteiger partial charge in [-0.05, 0) is 17.9 Å². The fraction of sp³-hybridized carbons (Fsp3) is 0.462. The fourth-order valence-corrected chi connectivity index (χ4v) is 2.51. The van der Waals surface area contributed by atoms with Crippen LogP contribution < -0.4 is 0 Å². The summed E-state index contributed by atoms with van der Waals surface area (Å²) in [5.74, 6) is 1.06. The summed E-state index contributed by atoms with van der Waals surface area (Å²) in [6.07, 6.45) is 3.64. The van der Waals surface area contributed by atoms with Gasteiger partial charge in [0.2, 0.25) is 0 Å². The Morgan fingerprint density at radius 3 is 2.53 bits per heavy atom. The minimum Gasteiger partial charge on any atom is -0.411 e. The van der Waals surface area contributed by atoms with Gasteiger partial charge in [-0.3, -0.25) is 0 Å². The van der Waals surface area contributed by atoms with E-state index in [9.17, 15) is 0 Å². The third-order valence-corrected chi connectivity index (χ3v) is 3.39. The summed E-state index contributed by atoms with van der Waals surface area (Å²) < 4.78 is 0. The third-order valence-electron chi connectivity index (χ3n) is 3.39. The Labute approximate surface area is 90.6 Å². The van der Waals surface area contributed by atoms with E-state index in [1.165, 1.54) is 12.8 Å². The smallest absolute Gasteiger partial charge is 0.0901 e. The summed E-state index contributed by atoms with van der Waals surface area (Å²) >= 11 is 0. The van der Waals surface area contributed by atoms with Gasteiger partial charge in [0.1, 0.15) is 0 Å². The summed E-state index contributed by atoms with van der Waals surface area (Å²) in [7, 11) is 0. The average molecular weight is 203 g/mol. The maximum absolute atomic E-state index is 9.15. The molecule has 0 aromatic heterocycles. The molecule has 0 aliphatic heterocycles. The van der Waals surface area contributed by atoms with Gasteiger partial charge in [-0.1, -0.05) is 55.3 Å². The van der Waals surface area contributed by atoms with Gasteiger partial charge in [0, 0.05) is 5.92 Å². The normalized spacial score (nSPS) is 26.9. The highest BCUT2D eigenvalue weighted by molar-refractivity contribution is 6.02. The third kappa shape index (κ3) is 2.04. The largest absolute Gasteiger partial charge is 0.411 e. The van der Waals surface area contributed by atoms with Crippen LogP contribution in [0.4, 0.5) is 0 Å². The van der Waals surface area contributed by atoms with Crippen LogP contribution in [-0.4, -0.2) is 10.9 Å². The number of hydrogen-bond donors (Lipinski definition) is 1. The van der Waals surface area contributed by atoms with Crippen LogP contribution in [0.2, 0.25) is 0 Å². The van der Waals surface area contributed by atoms with Gasteiger partial charge in [0.05, 0.1) is 5.71 Å². The molecular weight excluding hydrogens is 186 g/mol. The zero-order valence-electron chi connectivity index (χ0n) is 9.06. The van der Waals surface area contributed by atoms with Crippen molar-refractivity contribution in [2.75, 3.05) is 0 Å². The first-order chi connectivity index (χ1) is 7.33. The van der Waals surface area contributed by atoms with Crippen molar-refractivity contribution in [3.8, 4) is 0 Å². The van der Waals surface area contributed by atoms with Crippen LogP contribution in [0.25, 0.3) is 0 Å². The van der Waals surface area contributed by atoms with Crippen LogP contribution in [0, 0.1) is 11.8 Å². The summed E-state index contributed by atoms with van der Waals surface area (Å²) in [5.41, 5.74) is 1.92. The van der Waals surface area contributed by atoms with Crippen molar-refractivity contribution in [2.24, 2.45) is 17.0 Å². The lowest BCUT2D eigenvalue weighted by molar-refractivity contribution is 0.313. The van der Waals surface area contributed by atoms with Crippen LogP contribution in [0.1, 0.15) is 31.7 Å². The molecule has 2 nitrogen and oxygen atoms in total. The van der Waals surface area contributed by atoms with E-state index in [-0.39, 0.29) is 0 Å². The average Bonchev–Trinajstić information content (AvgIpc) is 2.68. The van der Waals surface area contributed by atoms with Crippen molar-refractivity contribution in [1.82, 2.24) is 0 Å². The van der Waals surface area contributed by atoms with Crippen LogP contribution in [-0.2, 0) is 0 Å². The van der Waals surface area contributed by atoms with Crippen LogP contribution in [0.15, 0.2) is 35.5 Å². The predicted octanol–water partition coefficient (Wildman–Crippen LogP) is 3.30. The fourth-order valence-electron chi connectivity index (χ4n) is 2.51. The molecule has 0 heterocycles. The molecule has 1 aliphatic rings. The molecule has 1 aliphatic carbocycles. The predicted molar refractivity (Wildman–Crippen MR) is 61.3 cm³/mol. The number of nitrogens with zero attached hydrogens (tertiary/aromatic N) is 1. The van der Waals surface area contributed by atoms with E-state index >= 15 is 0 Å². The highest BCUT2D eigenvalue weighted by Crippen LogP contribution is 2.34. The van der Waals surface area contributed by atoms with E-state index in [4.69, 9.17) is 5.21 Å². The summed E-state index contributed by atoms with van der Waals surface area (Å²) in [4.78, 5) is 0. The van der Waals surface area contributed by atoms with Gasteiger partial charge in [0.15, 0.2) is 0 Å². The van der Waals surface area contributed by atoms with E-state index in [0.29, 0.717) is 11.8 Å². The van der Waals surface area contributed by atoms with Crippen LogP contribution in [0.3, 0.4) is 0 Å². The molecule has 0 radical (unpaired) electrons. The lowest BCUT2D eigenvalue weighted by Crippen LogP contribution is -2.18. The second-order valence-electron chi connectivity index (χ2n) is 4.37. The Balaban J connectivity index is 2.26. The lowest BCUT2D eigenvalue weighted by atomic mass is 9.89. The Bertz CT molecular complexity index is 345. The summed E-state index contributed by atoms with van der Waals surface area (Å²) in [6.45, 7) is 2.24. The van der Waals surface area contributed by atoms with Crippen molar-refractivity contribution in [2.45, 2.75) is 26.2 Å². The van der Waals surface area contributed by atoms with Gasteiger partial charge in [0.25, 0.3) is 0 Å². The quantitative estimate of drug-likeness (QED) is 0.446. The Morgan fingerprint density at radius 1 is 1.27 bits per heavy atom. The first-order valence-electron chi connectivity index (χ1n) is 5.60. The van der Waals surface area contributed by atoms with Crippen LogP contribution in [0.5, 0.6) is 0 Å². The van der Waals surface area contributed by atoms with Crippen molar-refractivity contribution < 1.29 is 5.21 Å². The zero-order chi connectivity index (χ0) is 10.7. The Morgan fingerprint density at radius 2 is 2.00 bits per heavy atom. The van der Waals surface area contributed by atoms with Crippen LogP contribution >= 0.6 is 0 Å². The maximum atomic E-state index is 9.15. The molecule has 2 atom stereocenters. The summed E-state index contributed by atoms with van der Waals surface area (Å²) in [6, 6.07) is 9.98. The van der Waals surface area contributed by atoms with Crippen molar-refractivity contribution >= 4 is 5.71 Å². The number of hydrogen-bond acceptors (Lipinski definition) is 2. The molecule has 0 saturated heterocycles. The minimum absolute atomic E-state index is 0.428. The molecule has 0 spiro atoms. The molecule has 1 N–H and O–H groups in total. The van der Waals surface area contributed by atoms with Gasteiger partial charge in [-0.15, -0.1) is 0 Å². The van der Waals surface area contributed by atoms with Crippen molar-refractivity contribution in [3.63, 3.8) is 0 Å². The van der Waals surface area contributed by atoms with Gasteiger partial charge in [-0.2, -0.15) is 0 Å². The SMILES string of the molecule is C[C@@H]1CCC[C@H]1/C(=N\O)c1ccccc1. The van der Waals surface area contributed by atoms with E-state index in [1.54, 1.807) is 0 Å². The first kappa shape index (κ1) is 10.2. The van der Waals surface area contributed by atoms with E-state index in [1.807, 2.05) is 30.3 Å². The molecular formula is C13H17NO. The van der Waals surface area contributed by atoms with Gasteiger partial charge in [-0.25, -0.2) is 0 Å². The highest BCUT2D eigenvalue weighted by atomic mass is 16.4. The number of rotatable bonds is 2. The van der Waals surface area contributed by atoms with Gasteiger partial charge < -0.3 is 5.21 Å². The second-order valence-corrected chi connectivity index (χ2v) is 4.37. The van der Waals surface area contributed by atoms with Gasteiger partial charge >= 0.3 is 0 Å². The lowest BCUT2D eigenvalue weighted by Gasteiger charge is -2.16. The molecule has 15 heavy (non-hydrogen) atoms. The van der Waals surface area contributed by atoms with E-state index in [2.05, 4.69) is 12.1 Å². The van der Waals surface area contributed by atoms with E-state index in [0.717, 1.165) is 17.7 Å². The first-order valence-corrected chi connectivity index (χ1v) is 5.60. The monoisotopic (exact) mass is 203 g/mol. The molecule has 1 fully saturated rings. The molecule has 1 aromatic carbocycles. The topological polar surface area (TPSA) is 32.6 Å². The zero-order valence-corrected chi connectivity index (χ0v) is 9.06. The molecule has 80 valence electrons. The maximum Gasteiger partial charge on any atom is 0.0901 e. The van der Waals surface area contributed by atoms with Crippen molar-refractivity contribution in [3.05, 3.63) is 35.9 Å². The molecule has 0 amide bonds. The minimum atomic E-state index is 0.428. The Hall–Kier alpha value is -1.31. The van der Waals surface area contributed by atoms with Crippen molar-refractivity contribution in [1.29, 1.82) is 0 Å². The molecule has 2 rings (SSSR count). The standard InChI is InChI=1S/C13H17NO/c1-10-6-5-9-12(10)13(14-15)11-7-3-2-4-8-11/h2-4,7-8,10,12,15H,5-6,9H2,1H3/b14-13-/t10-,12-/m1/s1. The van der Waals surface area contributed by atoms with E-state index < -0.39 is 0 Å². The highest BCUT2D eigenvalue weighted by Gasteiger charge is 2.28. The molecule has 2 heteroatoms.